The van der Waals surface area contributed by atoms with Crippen LogP contribution in [0.4, 0.5) is 5.69 Å². The number of aliphatic hydroxyl groups is 1. The first-order chi connectivity index (χ1) is 11.2. The van der Waals surface area contributed by atoms with Crippen LogP contribution >= 0.6 is 11.6 Å². The average molecular weight is 333 g/mol. The molecule has 3 rings (SSSR count). The van der Waals surface area contributed by atoms with Crippen molar-refractivity contribution in [3.63, 3.8) is 0 Å². The Balaban J connectivity index is 1.93. The van der Waals surface area contributed by atoms with Crippen LogP contribution < -0.4 is 10.1 Å². The van der Waals surface area contributed by atoms with Crippen LogP contribution in [-0.4, -0.2) is 45.1 Å². The fraction of sp³-hybridized carbons (Fsp3) is 0.250. The standard InChI is InChI=1S/C16H17ClN4O2/c1-23-15-4-3-11(7-13(15)19-9-12(22)8-17)14-10-21-6-2-5-18-16(21)20-14/h2-7,10,12,19,22H,8-9H2,1H3. The molecule has 0 amide bonds. The highest BCUT2D eigenvalue weighted by molar-refractivity contribution is 6.18. The lowest BCUT2D eigenvalue weighted by Crippen LogP contribution is -2.21. The minimum Gasteiger partial charge on any atom is -0.495 e. The zero-order chi connectivity index (χ0) is 16.2. The Hall–Kier alpha value is -2.31. The molecule has 2 N–H and O–H groups in total. The topological polar surface area (TPSA) is 71.7 Å². The van der Waals surface area contributed by atoms with Crippen LogP contribution in [0, 0.1) is 0 Å². The summed E-state index contributed by atoms with van der Waals surface area (Å²) in [5, 5.41) is 12.8. The van der Waals surface area contributed by atoms with E-state index in [2.05, 4.69) is 15.3 Å². The molecule has 0 spiro atoms. The highest BCUT2D eigenvalue weighted by Gasteiger charge is 2.10. The van der Waals surface area contributed by atoms with Gasteiger partial charge in [0.2, 0.25) is 5.78 Å². The number of nitrogens with zero attached hydrogens (tertiary/aromatic N) is 3. The van der Waals surface area contributed by atoms with Crippen molar-refractivity contribution in [3.8, 4) is 17.0 Å². The SMILES string of the molecule is COc1ccc(-c2cn3cccnc3n2)cc1NCC(O)CCl. The van der Waals surface area contributed by atoms with Crippen LogP contribution in [0.5, 0.6) is 5.75 Å². The van der Waals surface area contributed by atoms with Gasteiger partial charge in [-0.25, -0.2) is 9.97 Å². The summed E-state index contributed by atoms with van der Waals surface area (Å²) in [6.45, 7) is 0.343. The van der Waals surface area contributed by atoms with E-state index in [1.165, 1.54) is 0 Å². The quantitative estimate of drug-likeness (QED) is 0.678. The Morgan fingerprint density at radius 3 is 3.04 bits per heavy atom. The second-order valence-corrected chi connectivity index (χ2v) is 5.37. The van der Waals surface area contributed by atoms with Crippen LogP contribution in [0.15, 0.2) is 42.9 Å². The van der Waals surface area contributed by atoms with Gasteiger partial charge in [-0.15, -0.1) is 11.6 Å². The molecular weight excluding hydrogens is 316 g/mol. The predicted molar refractivity (Wildman–Crippen MR) is 90.2 cm³/mol. The van der Waals surface area contributed by atoms with Crippen LogP contribution in [0.25, 0.3) is 17.0 Å². The fourth-order valence-corrected chi connectivity index (χ4v) is 2.37. The van der Waals surface area contributed by atoms with Gasteiger partial charge in [-0.3, -0.25) is 4.40 Å². The van der Waals surface area contributed by atoms with Gasteiger partial charge in [0.05, 0.1) is 30.5 Å². The summed E-state index contributed by atoms with van der Waals surface area (Å²) in [6.07, 6.45) is 4.91. The zero-order valence-electron chi connectivity index (χ0n) is 12.6. The van der Waals surface area contributed by atoms with Crippen molar-refractivity contribution >= 4 is 23.1 Å². The molecule has 0 aliphatic rings. The van der Waals surface area contributed by atoms with E-state index in [1.54, 1.807) is 13.3 Å². The molecule has 0 aliphatic carbocycles. The Morgan fingerprint density at radius 1 is 1.43 bits per heavy atom. The van der Waals surface area contributed by atoms with Gasteiger partial charge >= 0.3 is 0 Å². The second kappa shape index (κ2) is 6.85. The van der Waals surface area contributed by atoms with Gasteiger partial charge in [0, 0.05) is 30.7 Å². The van der Waals surface area contributed by atoms with Gasteiger partial charge in [-0.2, -0.15) is 0 Å². The lowest BCUT2D eigenvalue weighted by Gasteiger charge is -2.14. The summed E-state index contributed by atoms with van der Waals surface area (Å²) in [5.41, 5.74) is 2.52. The molecule has 23 heavy (non-hydrogen) atoms. The fourth-order valence-electron chi connectivity index (χ4n) is 2.26. The van der Waals surface area contributed by atoms with Crippen molar-refractivity contribution in [1.82, 2.24) is 14.4 Å². The summed E-state index contributed by atoms with van der Waals surface area (Å²) >= 11 is 5.62. The first-order valence-electron chi connectivity index (χ1n) is 7.17. The van der Waals surface area contributed by atoms with Gasteiger partial charge in [0.15, 0.2) is 0 Å². The molecular formula is C16H17ClN4O2. The van der Waals surface area contributed by atoms with Gasteiger partial charge < -0.3 is 15.2 Å². The molecule has 1 atom stereocenters. The molecule has 0 aliphatic heterocycles. The number of halogens is 1. The number of rotatable bonds is 6. The minimum atomic E-state index is -0.621. The van der Waals surface area contributed by atoms with E-state index in [1.807, 2.05) is 41.1 Å². The Morgan fingerprint density at radius 2 is 2.30 bits per heavy atom. The number of imidazole rings is 1. The third-order valence-corrected chi connectivity index (χ3v) is 3.79. The average Bonchev–Trinajstić information content (AvgIpc) is 3.03. The summed E-state index contributed by atoms with van der Waals surface area (Å²) in [7, 11) is 1.60. The van der Waals surface area contributed by atoms with Crippen molar-refractivity contribution in [2.75, 3.05) is 24.9 Å². The number of hydrogen-bond donors (Lipinski definition) is 2. The zero-order valence-corrected chi connectivity index (χ0v) is 13.4. The van der Waals surface area contributed by atoms with Gasteiger partial charge in [0.25, 0.3) is 0 Å². The van der Waals surface area contributed by atoms with Gasteiger partial charge in [0.1, 0.15) is 5.75 Å². The van der Waals surface area contributed by atoms with E-state index < -0.39 is 6.10 Å². The van der Waals surface area contributed by atoms with E-state index >= 15 is 0 Å². The molecule has 0 saturated carbocycles. The number of benzene rings is 1. The van der Waals surface area contributed by atoms with E-state index in [0.29, 0.717) is 18.1 Å². The third-order valence-electron chi connectivity index (χ3n) is 3.44. The number of methoxy groups -OCH3 is 1. The Bertz CT molecular complexity index is 773. The lowest BCUT2D eigenvalue weighted by atomic mass is 10.1. The third kappa shape index (κ3) is 3.38. The van der Waals surface area contributed by atoms with Crippen molar-refractivity contribution in [2.45, 2.75) is 6.10 Å². The van der Waals surface area contributed by atoms with Crippen LogP contribution in [-0.2, 0) is 0 Å². The number of anilines is 1. The highest BCUT2D eigenvalue weighted by atomic mass is 35.5. The largest absolute Gasteiger partial charge is 0.495 e. The van der Waals surface area contributed by atoms with Gasteiger partial charge in [-0.1, -0.05) is 0 Å². The number of aromatic nitrogens is 3. The number of nitrogens with one attached hydrogen (secondary N) is 1. The molecule has 120 valence electrons. The molecule has 0 radical (unpaired) electrons. The first kappa shape index (κ1) is 15.6. The van der Waals surface area contributed by atoms with E-state index in [9.17, 15) is 5.11 Å². The summed E-state index contributed by atoms with van der Waals surface area (Å²) in [6, 6.07) is 7.58. The molecule has 0 fully saturated rings. The maximum Gasteiger partial charge on any atom is 0.234 e. The summed E-state index contributed by atoms with van der Waals surface area (Å²) in [4.78, 5) is 8.72. The molecule has 0 bridgehead atoms. The van der Waals surface area contributed by atoms with Crippen molar-refractivity contribution in [1.29, 1.82) is 0 Å². The molecule has 3 aromatic rings. The maximum atomic E-state index is 9.61. The van der Waals surface area contributed by atoms with Crippen LogP contribution in [0.3, 0.4) is 0 Å². The number of alkyl halides is 1. The van der Waals surface area contributed by atoms with Crippen molar-refractivity contribution in [2.24, 2.45) is 0 Å². The molecule has 1 aromatic carbocycles. The van der Waals surface area contributed by atoms with Crippen molar-refractivity contribution < 1.29 is 9.84 Å². The molecule has 6 nitrogen and oxygen atoms in total. The first-order valence-corrected chi connectivity index (χ1v) is 7.70. The molecule has 0 saturated heterocycles. The minimum absolute atomic E-state index is 0.174. The van der Waals surface area contributed by atoms with Gasteiger partial charge in [-0.05, 0) is 24.3 Å². The molecule has 1 unspecified atom stereocenters. The normalized spacial score (nSPS) is 12.3. The monoisotopic (exact) mass is 332 g/mol. The number of fused-ring (bicyclic) bond motifs is 1. The van der Waals surface area contributed by atoms with E-state index in [0.717, 1.165) is 16.9 Å². The molecule has 2 heterocycles. The highest BCUT2D eigenvalue weighted by Crippen LogP contribution is 2.30. The Labute approximate surface area is 138 Å². The Kier molecular flexibility index (Phi) is 4.64. The van der Waals surface area contributed by atoms with Crippen LogP contribution in [0.2, 0.25) is 0 Å². The summed E-state index contributed by atoms with van der Waals surface area (Å²) < 4.78 is 7.21. The maximum absolute atomic E-state index is 9.61. The molecule has 2 aromatic heterocycles. The van der Waals surface area contributed by atoms with E-state index in [4.69, 9.17) is 16.3 Å². The predicted octanol–water partition coefficient (Wildman–Crippen LogP) is 2.42. The molecule has 7 heteroatoms. The number of ether oxygens (including phenoxy) is 1. The second-order valence-electron chi connectivity index (χ2n) is 5.06. The smallest absolute Gasteiger partial charge is 0.234 e. The number of hydrogen-bond acceptors (Lipinski definition) is 5. The van der Waals surface area contributed by atoms with Crippen LogP contribution in [0.1, 0.15) is 0 Å². The lowest BCUT2D eigenvalue weighted by molar-refractivity contribution is 0.211. The summed E-state index contributed by atoms with van der Waals surface area (Å²) in [5.74, 6) is 1.51. The number of aliphatic hydroxyl groups excluding tert-OH is 1. The van der Waals surface area contributed by atoms with Crippen molar-refractivity contribution in [3.05, 3.63) is 42.9 Å². The van der Waals surface area contributed by atoms with E-state index in [-0.39, 0.29) is 5.88 Å².